The van der Waals surface area contributed by atoms with Gasteiger partial charge in [0.2, 0.25) is 0 Å². The molecule has 1 aliphatic heterocycles. The van der Waals surface area contributed by atoms with Crippen LogP contribution in [0.4, 0.5) is 0 Å². The van der Waals surface area contributed by atoms with Crippen LogP contribution in [0.15, 0.2) is 97.7 Å². The van der Waals surface area contributed by atoms with Gasteiger partial charge in [-0.1, -0.05) is 72.3 Å². The van der Waals surface area contributed by atoms with Crippen molar-refractivity contribution in [2.75, 3.05) is 0 Å². The van der Waals surface area contributed by atoms with Gasteiger partial charge in [0.15, 0.2) is 5.82 Å². The van der Waals surface area contributed by atoms with Crippen molar-refractivity contribution in [3.05, 3.63) is 114 Å². The summed E-state index contributed by atoms with van der Waals surface area (Å²) in [6.07, 6.45) is 5.76. The van der Waals surface area contributed by atoms with E-state index in [2.05, 4.69) is 15.4 Å². The molecule has 2 aromatic heterocycles. The van der Waals surface area contributed by atoms with Gasteiger partial charge < -0.3 is 20.5 Å². The predicted octanol–water partition coefficient (Wildman–Crippen LogP) is 3.63. The fourth-order valence-corrected chi connectivity index (χ4v) is 4.25. The molecule has 37 heavy (non-hydrogen) atoms. The smallest absolute Gasteiger partial charge is 0.352 e. The maximum atomic E-state index is 13.7. The highest BCUT2D eigenvalue weighted by Gasteiger charge is 2.51. The van der Waals surface area contributed by atoms with Crippen molar-refractivity contribution < 1.29 is 19.1 Å². The largest absolute Gasteiger partial charge is 0.447 e. The molecule has 10 heteroatoms. The monoisotopic (exact) mass is 515 g/mol. The predicted molar refractivity (Wildman–Crippen MR) is 136 cm³/mol. The SMILES string of the molecule is NC(=O)C1(C(Cc2ccccc2)NC(=O)c2cc(Cl)cnc2-n2ccc(-c3ccccc3)n2)OC=CO1. The molecule has 5 rings (SSSR count). The molecule has 0 saturated heterocycles. The molecule has 9 nitrogen and oxygen atoms in total. The molecule has 2 amide bonds. The fraction of sp³-hybridized carbons (Fsp3) is 0.111. The number of amides is 2. The number of benzene rings is 2. The second kappa shape index (κ2) is 10.2. The molecule has 0 aliphatic carbocycles. The highest BCUT2D eigenvalue weighted by molar-refractivity contribution is 6.30. The van der Waals surface area contributed by atoms with E-state index in [4.69, 9.17) is 26.8 Å². The van der Waals surface area contributed by atoms with E-state index in [0.29, 0.717) is 5.69 Å². The van der Waals surface area contributed by atoms with Crippen LogP contribution in [0.5, 0.6) is 0 Å². The number of rotatable bonds is 8. The Morgan fingerprint density at radius 3 is 2.38 bits per heavy atom. The molecular formula is C27H22ClN5O4. The van der Waals surface area contributed by atoms with E-state index in [1.165, 1.54) is 29.5 Å². The summed E-state index contributed by atoms with van der Waals surface area (Å²) in [4.78, 5) is 30.5. The first-order chi connectivity index (χ1) is 18.0. The van der Waals surface area contributed by atoms with Crippen molar-refractivity contribution in [1.82, 2.24) is 20.1 Å². The third-order valence-corrected chi connectivity index (χ3v) is 6.09. The first-order valence-electron chi connectivity index (χ1n) is 11.4. The third-order valence-electron chi connectivity index (χ3n) is 5.89. The molecule has 3 N–H and O–H groups in total. The highest BCUT2D eigenvalue weighted by Crippen LogP contribution is 2.28. The molecule has 0 saturated carbocycles. The van der Waals surface area contributed by atoms with Gasteiger partial charge in [0.1, 0.15) is 18.6 Å². The summed E-state index contributed by atoms with van der Waals surface area (Å²) in [5, 5.41) is 7.69. The average molecular weight is 516 g/mol. The Morgan fingerprint density at radius 1 is 1.03 bits per heavy atom. The third kappa shape index (κ3) is 4.89. The van der Waals surface area contributed by atoms with Crippen molar-refractivity contribution in [3.8, 4) is 17.1 Å². The standard InChI is InChI=1S/C27H22ClN5O4/c28-20-16-21(24(30-17-20)33-12-11-22(32-33)19-9-5-2-6-10-19)25(34)31-23(15-18-7-3-1-4-8-18)27(26(29)35)36-13-14-37-27/h1-14,16-17,23H,15H2,(H2,29,35)(H,31,34). The lowest BCUT2D eigenvalue weighted by Gasteiger charge is -2.33. The number of primary amides is 1. The number of carbonyl (C=O) groups excluding carboxylic acids is 2. The van der Waals surface area contributed by atoms with Gasteiger partial charge in [-0.3, -0.25) is 9.59 Å². The van der Waals surface area contributed by atoms with Crippen LogP contribution in [0.2, 0.25) is 5.02 Å². The van der Waals surface area contributed by atoms with E-state index in [9.17, 15) is 9.59 Å². The van der Waals surface area contributed by atoms with Crippen LogP contribution in [-0.4, -0.2) is 38.4 Å². The van der Waals surface area contributed by atoms with E-state index in [1.54, 1.807) is 6.20 Å². The molecule has 2 aromatic carbocycles. The van der Waals surface area contributed by atoms with E-state index in [0.717, 1.165) is 11.1 Å². The second-order valence-electron chi connectivity index (χ2n) is 8.29. The van der Waals surface area contributed by atoms with Gasteiger partial charge in [-0.05, 0) is 17.7 Å². The van der Waals surface area contributed by atoms with Crippen molar-refractivity contribution in [2.45, 2.75) is 18.2 Å². The van der Waals surface area contributed by atoms with Crippen LogP contribution in [0.25, 0.3) is 17.1 Å². The fourth-order valence-electron chi connectivity index (χ4n) is 4.09. The lowest BCUT2D eigenvalue weighted by molar-refractivity contribution is -0.182. The number of nitrogens with zero attached hydrogens (tertiary/aromatic N) is 3. The molecule has 4 aromatic rings. The molecule has 0 radical (unpaired) electrons. The summed E-state index contributed by atoms with van der Waals surface area (Å²) in [7, 11) is 0. The van der Waals surface area contributed by atoms with Crippen molar-refractivity contribution in [2.24, 2.45) is 5.73 Å². The molecule has 1 atom stereocenters. The summed E-state index contributed by atoms with van der Waals surface area (Å²) in [5.41, 5.74) is 8.26. The number of hydrogen-bond acceptors (Lipinski definition) is 6. The minimum absolute atomic E-state index is 0.138. The Bertz CT molecular complexity index is 1450. The number of pyridine rings is 1. The summed E-state index contributed by atoms with van der Waals surface area (Å²) in [6, 6.07) is 21.2. The number of carbonyl (C=O) groups is 2. The summed E-state index contributed by atoms with van der Waals surface area (Å²) >= 11 is 6.22. The normalized spacial score (nSPS) is 14.4. The van der Waals surface area contributed by atoms with E-state index >= 15 is 0 Å². The lowest BCUT2D eigenvalue weighted by atomic mass is 9.97. The highest BCUT2D eigenvalue weighted by atomic mass is 35.5. The Kier molecular flexibility index (Phi) is 6.61. The molecule has 1 unspecified atom stereocenters. The molecule has 0 fully saturated rings. The quantitative estimate of drug-likeness (QED) is 0.369. The maximum absolute atomic E-state index is 13.7. The van der Waals surface area contributed by atoms with Gasteiger partial charge in [-0.2, -0.15) is 5.10 Å². The zero-order chi connectivity index (χ0) is 25.8. The molecular weight excluding hydrogens is 494 g/mol. The maximum Gasteiger partial charge on any atom is 0.352 e. The van der Waals surface area contributed by atoms with Crippen LogP contribution < -0.4 is 11.1 Å². The van der Waals surface area contributed by atoms with Crippen molar-refractivity contribution in [1.29, 1.82) is 0 Å². The van der Waals surface area contributed by atoms with Gasteiger partial charge in [0, 0.05) is 24.4 Å². The first-order valence-corrected chi connectivity index (χ1v) is 11.8. The summed E-state index contributed by atoms with van der Waals surface area (Å²) in [6.45, 7) is 0. The van der Waals surface area contributed by atoms with Gasteiger partial charge in [0.25, 0.3) is 5.91 Å². The second-order valence-corrected chi connectivity index (χ2v) is 8.73. The number of hydrogen-bond donors (Lipinski definition) is 2. The van der Waals surface area contributed by atoms with E-state index in [1.807, 2.05) is 66.7 Å². The molecule has 3 heterocycles. The topological polar surface area (TPSA) is 121 Å². The average Bonchev–Trinajstić information content (AvgIpc) is 3.61. The lowest BCUT2D eigenvalue weighted by Crippen LogP contribution is -2.61. The van der Waals surface area contributed by atoms with Gasteiger partial charge in [0.05, 0.1) is 16.3 Å². The van der Waals surface area contributed by atoms with Gasteiger partial charge in [-0.25, -0.2) is 9.67 Å². The Balaban J connectivity index is 1.49. The van der Waals surface area contributed by atoms with Crippen LogP contribution in [0.1, 0.15) is 15.9 Å². The molecule has 0 bridgehead atoms. The number of nitrogens with one attached hydrogen (secondary N) is 1. The molecule has 186 valence electrons. The van der Waals surface area contributed by atoms with Crippen molar-refractivity contribution in [3.63, 3.8) is 0 Å². The number of nitrogens with two attached hydrogens (primary N) is 1. The Labute approximate surface area is 217 Å². The van der Waals surface area contributed by atoms with Crippen LogP contribution in [0, 0.1) is 0 Å². The minimum Gasteiger partial charge on any atom is -0.447 e. The zero-order valence-corrected chi connectivity index (χ0v) is 20.2. The summed E-state index contributed by atoms with van der Waals surface area (Å²) < 4.78 is 12.5. The number of halogens is 1. The molecule has 1 aliphatic rings. The number of aromatic nitrogens is 3. The summed E-state index contributed by atoms with van der Waals surface area (Å²) in [5.74, 6) is -3.13. The zero-order valence-electron chi connectivity index (χ0n) is 19.5. The molecule has 0 spiro atoms. The first kappa shape index (κ1) is 24.1. The van der Waals surface area contributed by atoms with E-state index in [-0.39, 0.29) is 22.8 Å². The van der Waals surface area contributed by atoms with Crippen molar-refractivity contribution >= 4 is 23.4 Å². The minimum atomic E-state index is -1.93. The van der Waals surface area contributed by atoms with Crippen LogP contribution in [-0.2, 0) is 20.7 Å². The van der Waals surface area contributed by atoms with E-state index < -0.39 is 23.6 Å². The number of ether oxygens (including phenoxy) is 2. The van der Waals surface area contributed by atoms with Gasteiger partial charge >= 0.3 is 11.7 Å². The Morgan fingerprint density at radius 2 is 1.70 bits per heavy atom. The van der Waals surface area contributed by atoms with Crippen LogP contribution in [0.3, 0.4) is 0 Å². The van der Waals surface area contributed by atoms with Crippen LogP contribution >= 0.6 is 11.6 Å². The Hall–Kier alpha value is -4.63. The van der Waals surface area contributed by atoms with Gasteiger partial charge in [-0.15, -0.1) is 0 Å².